The highest BCUT2D eigenvalue weighted by molar-refractivity contribution is 5.72. The smallest absolute Gasteiger partial charge is 0.320 e. The summed E-state index contributed by atoms with van der Waals surface area (Å²) in [7, 11) is 2.00. The summed E-state index contributed by atoms with van der Waals surface area (Å²) < 4.78 is 43.8. The van der Waals surface area contributed by atoms with Gasteiger partial charge in [-0.25, -0.2) is 0 Å². The molecule has 19 nitrogen and oxygen atoms in total. The average molecular weight is 1270 g/mol. The molecule has 0 amide bonds. The van der Waals surface area contributed by atoms with Crippen LogP contribution in [-0.2, 0) is 76.3 Å². The van der Waals surface area contributed by atoms with E-state index < -0.39 is 0 Å². The summed E-state index contributed by atoms with van der Waals surface area (Å²) in [5.74, 6) is -0.228. The minimum absolute atomic E-state index is 0.0402. The third-order valence-electron chi connectivity index (χ3n) is 16.1. The van der Waals surface area contributed by atoms with Crippen molar-refractivity contribution in [2.75, 3.05) is 112 Å². The highest BCUT2D eigenvalue weighted by Crippen LogP contribution is 2.18. The van der Waals surface area contributed by atoms with Gasteiger partial charge in [-0.1, -0.05) is 132 Å². The highest BCUT2D eigenvalue weighted by atomic mass is 16.6. The summed E-state index contributed by atoms with van der Waals surface area (Å²) in [4.78, 5) is 107. The van der Waals surface area contributed by atoms with Crippen LogP contribution in [0.1, 0.15) is 267 Å². The molecule has 0 aromatic carbocycles. The van der Waals surface area contributed by atoms with Crippen molar-refractivity contribution in [1.29, 1.82) is 0 Å². The van der Waals surface area contributed by atoms with E-state index in [0.29, 0.717) is 166 Å². The zero-order valence-corrected chi connectivity index (χ0v) is 57.8. The number of hydrogen-bond acceptors (Lipinski definition) is 19. The molecule has 0 saturated heterocycles. The Morgan fingerprint density at radius 1 is 0.258 bits per heavy atom. The molecule has 0 N–H and O–H groups in total. The number of carbonyl (C=O) groups is 8. The maximum Gasteiger partial charge on any atom is 0.320 e. The zero-order valence-electron chi connectivity index (χ0n) is 57.8. The zero-order chi connectivity index (χ0) is 66.0. The topological polar surface area (TPSA) is 220 Å². The third-order valence-corrected chi connectivity index (χ3v) is 16.1. The Hall–Kier alpha value is -4.36. The molecule has 0 aliphatic heterocycles. The molecule has 0 rings (SSSR count). The van der Waals surface area contributed by atoms with Crippen molar-refractivity contribution in [3.63, 3.8) is 0 Å². The van der Waals surface area contributed by atoms with Crippen molar-refractivity contribution >= 4 is 47.8 Å². The number of hydrogen-bond donors (Lipinski definition) is 0. The number of nitrogens with zero attached hydrogens (tertiary/aromatic N) is 3. The summed E-state index contributed by atoms with van der Waals surface area (Å²) in [5.41, 5.74) is 0. The van der Waals surface area contributed by atoms with Gasteiger partial charge >= 0.3 is 47.8 Å². The number of carbonyl (C=O) groups excluding carboxylic acids is 8. The maximum absolute atomic E-state index is 13.2. The molecule has 19 heteroatoms. The Labute approximate surface area is 539 Å². The molecule has 0 bridgehead atoms. The Morgan fingerprint density at radius 2 is 0.528 bits per heavy atom. The third kappa shape index (κ3) is 57.3. The molecular weight excluding hydrogens is 1140 g/mol. The fraction of sp³-hybridized carbons (Fsp3) is 0.886. The van der Waals surface area contributed by atoms with Gasteiger partial charge in [-0.2, -0.15) is 0 Å². The summed E-state index contributed by atoms with van der Waals surface area (Å²) in [6, 6.07) is 0. The van der Waals surface area contributed by atoms with Gasteiger partial charge in [0.15, 0.2) is 0 Å². The minimum atomic E-state index is -0.378. The second-order valence-electron chi connectivity index (χ2n) is 25.1. The Morgan fingerprint density at radius 3 is 0.831 bits per heavy atom. The van der Waals surface area contributed by atoms with Gasteiger partial charge in [-0.3, -0.25) is 43.3 Å². The quantitative estimate of drug-likeness (QED) is 0.0314. The molecular formula is C70H129N3O16. The van der Waals surface area contributed by atoms with Crippen molar-refractivity contribution in [3.05, 3.63) is 0 Å². The molecule has 89 heavy (non-hydrogen) atoms. The second-order valence-corrected chi connectivity index (χ2v) is 25.1. The molecule has 0 aromatic heterocycles. The van der Waals surface area contributed by atoms with Crippen LogP contribution in [0, 0.1) is 23.7 Å². The van der Waals surface area contributed by atoms with Gasteiger partial charge in [0, 0.05) is 58.3 Å². The van der Waals surface area contributed by atoms with Gasteiger partial charge < -0.3 is 47.7 Å². The number of rotatable bonds is 63. The number of ether oxygens (including phenoxy) is 8. The molecule has 0 fully saturated rings. The van der Waals surface area contributed by atoms with E-state index in [4.69, 9.17) is 37.9 Å². The Balaban J connectivity index is 5.40. The lowest BCUT2D eigenvalue weighted by Gasteiger charge is -2.26. The van der Waals surface area contributed by atoms with Crippen LogP contribution in [-0.4, -0.2) is 175 Å². The summed E-state index contributed by atoms with van der Waals surface area (Å²) >= 11 is 0. The average Bonchev–Trinajstić information content (AvgIpc) is 3.54. The monoisotopic (exact) mass is 1270 g/mol. The van der Waals surface area contributed by atoms with Crippen LogP contribution in [0.5, 0.6) is 0 Å². The molecule has 0 saturated carbocycles. The second kappa shape index (κ2) is 59.9. The lowest BCUT2D eigenvalue weighted by molar-refractivity contribution is -0.147. The van der Waals surface area contributed by atoms with Gasteiger partial charge in [-0.05, 0) is 140 Å². The van der Waals surface area contributed by atoms with Crippen LogP contribution >= 0.6 is 0 Å². The standard InChI is InChI=1S/C70H129N3O16/c1-10-14-28-59(5)33-37-64(75)83-51-19-18-50-82-63(74)32-26-44-73(58-70(81)89-57-25-24-54-86-67(78)40-36-62(8)31-17-13-4)45-27-43-71(9)48-49-72(46-41-68(79)87-55-22-20-52-84-65(76)38-34-60(6)29-15-11-2)47-42-69(80)88-56-23-21-53-85-66(77)39-35-61(7)30-16-12-3/h59-62H,10-58H2,1-9H3. The minimum Gasteiger partial charge on any atom is -0.466 e. The largest absolute Gasteiger partial charge is 0.466 e. The van der Waals surface area contributed by atoms with E-state index in [2.05, 4.69) is 65.2 Å². The number of unbranched alkanes of at least 4 members (excludes halogenated alkanes) is 8. The molecule has 4 atom stereocenters. The van der Waals surface area contributed by atoms with E-state index in [1.54, 1.807) is 0 Å². The lowest BCUT2D eigenvalue weighted by atomic mass is 9.99. The molecule has 0 aliphatic rings. The van der Waals surface area contributed by atoms with E-state index >= 15 is 0 Å². The van der Waals surface area contributed by atoms with Crippen LogP contribution in [0.2, 0.25) is 0 Å². The van der Waals surface area contributed by atoms with Gasteiger partial charge in [-0.15, -0.1) is 0 Å². The van der Waals surface area contributed by atoms with Crippen LogP contribution in [0.25, 0.3) is 0 Å². The summed E-state index contributed by atoms with van der Waals surface area (Å²) in [6.45, 7) is 23.0. The van der Waals surface area contributed by atoms with E-state index in [-0.39, 0.29) is 120 Å². The van der Waals surface area contributed by atoms with Gasteiger partial charge in [0.2, 0.25) is 0 Å². The first kappa shape index (κ1) is 84.6. The fourth-order valence-corrected chi connectivity index (χ4v) is 9.82. The van der Waals surface area contributed by atoms with E-state index in [0.717, 1.165) is 103 Å². The van der Waals surface area contributed by atoms with E-state index in [1.807, 2.05) is 11.9 Å². The highest BCUT2D eigenvalue weighted by Gasteiger charge is 2.18. The van der Waals surface area contributed by atoms with E-state index in [9.17, 15) is 38.4 Å². The van der Waals surface area contributed by atoms with Crippen molar-refractivity contribution < 1.29 is 76.3 Å². The predicted molar refractivity (Wildman–Crippen MR) is 350 cm³/mol. The molecule has 4 unspecified atom stereocenters. The van der Waals surface area contributed by atoms with Crippen molar-refractivity contribution in [2.45, 2.75) is 267 Å². The van der Waals surface area contributed by atoms with Gasteiger partial charge in [0.25, 0.3) is 0 Å². The summed E-state index contributed by atoms with van der Waals surface area (Å²) in [5, 5.41) is 0. The lowest BCUT2D eigenvalue weighted by Crippen LogP contribution is -2.38. The summed E-state index contributed by atoms with van der Waals surface area (Å²) in [6.07, 6.45) is 24.8. The molecule has 0 aliphatic carbocycles. The van der Waals surface area contributed by atoms with Crippen LogP contribution < -0.4 is 0 Å². The van der Waals surface area contributed by atoms with Crippen molar-refractivity contribution in [3.8, 4) is 0 Å². The Bertz CT molecular complexity index is 1750. The van der Waals surface area contributed by atoms with Crippen molar-refractivity contribution in [1.82, 2.24) is 14.7 Å². The molecule has 0 aromatic rings. The first-order valence-corrected chi connectivity index (χ1v) is 35.3. The van der Waals surface area contributed by atoms with E-state index in [1.165, 1.54) is 0 Å². The fourth-order valence-electron chi connectivity index (χ4n) is 9.82. The van der Waals surface area contributed by atoms with Gasteiger partial charge in [0.1, 0.15) is 0 Å². The maximum atomic E-state index is 13.2. The molecule has 0 radical (unpaired) electrons. The predicted octanol–water partition coefficient (Wildman–Crippen LogP) is 13.4. The van der Waals surface area contributed by atoms with Crippen molar-refractivity contribution in [2.24, 2.45) is 23.7 Å². The van der Waals surface area contributed by atoms with Crippen LogP contribution in [0.4, 0.5) is 0 Å². The van der Waals surface area contributed by atoms with Gasteiger partial charge in [0.05, 0.1) is 72.2 Å². The first-order chi connectivity index (χ1) is 42.9. The van der Waals surface area contributed by atoms with Crippen LogP contribution in [0.3, 0.4) is 0 Å². The first-order valence-electron chi connectivity index (χ1n) is 35.3. The normalized spacial score (nSPS) is 12.8. The molecule has 0 spiro atoms. The Kier molecular flexibility index (Phi) is 57.0. The van der Waals surface area contributed by atoms with Crippen LogP contribution in [0.15, 0.2) is 0 Å². The SMILES string of the molecule is CCCCC(C)CCC(=O)OCCCCOC(=O)CCCN(CCCN(C)CCN(CCC(=O)OCCCCOC(=O)CCC(C)CCCC)CCC(=O)OCCCCOC(=O)CCC(C)CCCC)CC(=O)OCCCCOC(=O)CCC(C)CCCC. The molecule has 0 heterocycles. The molecule has 520 valence electrons. The number of likely N-dealkylation sites (N-methyl/N-ethyl adjacent to an activating group) is 1. The number of esters is 8.